The second kappa shape index (κ2) is 8.80. The maximum Gasteiger partial charge on any atom is 0.405 e. The fraction of sp³-hybridized carbons (Fsp3) is 0.333. The number of alkyl halides is 3. The minimum atomic E-state index is -4.52. The molecule has 0 aliphatic rings. The highest BCUT2D eigenvalue weighted by molar-refractivity contribution is 5.89. The molecule has 0 atom stereocenters. The van der Waals surface area contributed by atoms with Crippen molar-refractivity contribution in [2.45, 2.75) is 6.18 Å². The summed E-state index contributed by atoms with van der Waals surface area (Å²) in [5.74, 6) is -0.940. The molecule has 1 aromatic carbocycles. The SMILES string of the molecule is COc1ccc(/C=C/C(=O)OCC(=O)NCC(F)(F)F)cc1OC. The highest BCUT2D eigenvalue weighted by Gasteiger charge is 2.27. The van der Waals surface area contributed by atoms with Gasteiger partial charge in [-0.2, -0.15) is 13.2 Å². The Morgan fingerprint density at radius 2 is 1.83 bits per heavy atom. The standard InChI is InChI=1S/C15H16F3NO5/c1-22-11-5-3-10(7-12(11)23-2)4-6-14(21)24-8-13(20)19-9-15(16,17)18/h3-7H,8-9H2,1-2H3,(H,19,20)/b6-4+. The summed E-state index contributed by atoms with van der Waals surface area (Å²) in [6, 6.07) is 4.90. The number of carbonyl (C=O) groups excluding carboxylic acids is 2. The van der Waals surface area contributed by atoms with Gasteiger partial charge < -0.3 is 19.5 Å². The van der Waals surface area contributed by atoms with Crippen LogP contribution in [0.5, 0.6) is 11.5 Å². The summed E-state index contributed by atoms with van der Waals surface area (Å²) in [7, 11) is 2.94. The molecule has 0 aliphatic carbocycles. The topological polar surface area (TPSA) is 73.9 Å². The second-order valence-corrected chi connectivity index (χ2v) is 4.45. The van der Waals surface area contributed by atoms with Crippen molar-refractivity contribution >= 4 is 18.0 Å². The zero-order chi connectivity index (χ0) is 18.2. The average Bonchev–Trinajstić information content (AvgIpc) is 2.55. The van der Waals surface area contributed by atoms with E-state index < -0.39 is 31.2 Å². The molecule has 0 spiro atoms. The largest absolute Gasteiger partial charge is 0.493 e. The van der Waals surface area contributed by atoms with Crippen LogP contribution in [0.3, 0.4) is 0 Å². The van der Waals surface area contributed by atoms with Crippen molar-refractivity contribution in [3.8, 4) is 11.5 Å². The second-order valence-electron chi connectivity index (χ2n) is 4.45. The van der Waals surface area contributed by atoms with Crippen LogP contribution in [0.2, 0.25) is 0 Å². The van der Waals surface area contributed by atoms with E-state index in [4.69, 9.17) is 9.47 Å². The first-order valence-electron chi connectivity index (χ1n) is 6.65. The van der Waals surface area contributed by atoms with E-state index in [1.807, 2.05) is 0 Å². The van der Waals surface area contributed by atoms with E-state index >= 15 is 0 Å². The summed E-state index contributed by atoms with van der Waals surface area (Å²) >= 11 is 0. The molecule has 0 heterocycles. The number of benzene rings is 1. The molecule has 0 saturated heterocycles. The Bertz CT molecular complexity index is 614. The Hall–Kier alpha value is -2.71. The Labute approximate surface area is 136 Å². The van der Waals surface area contributed by atoms with Crippen LogP contribution in [0.4, 0.5) is 13.2 Å². The van der Waals surface area contributed by atoms with Crippen molar-refractivity contribution in [1.82, 2.24) is 5.32 Å². The molecule has 0 fully saturated rings. The lowest BCUT2D eigenvalue weighted by Crippen LogP contribution is -2.36. The van der Waals surface area contributed by atoms with Gasteiger partial charge >= 0.3 is 12.1 Å². The smallest absolute Gasteiger partial charge is 0.405 e. The quantitative estimate of drug-likeness (QED) is 0.603. The third-order valence-electron chi connectivity index (χ3n) is 2.65. The molecule has 0 bridgehead atoms. The molecule has 6 nitrogen and oxygen atoms in total. The first kappa shape index (κ1) is 19.3. The normalized spacial score (nSPS) is 11.2. The molecule has 0 unspecified atom stereocenters. The molecular formula is C15H16F3NO5. The minimum Gasteiger partial charge on any atom is -0.493 e. The number of hydrogen-bond acceptors (Lipinski definition) is 5. The molecule has 24 heavy (non-hydrogen) atoms. The van der Waals surface area contributed by atoms with Gasteiger partial charge in [0, 0.05) is 6.08 Å². The van der Waals surface area contributed by atoms with Gasteiger partial charge in [-0.05, 0) is 23.8 Å². The van der Waals surface area contributed by atoms with Crippen molar-refractivity contribution in [2.24, 2.45) is 0 Å². The van der Waals surface area contributed by atoms with Crippen molar-refractivity contribution in [3.63, 3.8) is 0 Å². The van der Waals surface area contributed by atoms with Crippen LogP contribution in [-0.4, -0.2) is 45.4 Å². The van der Waals surface area contributed by atoms with Crippen molar-refractivity contribution < 1.29 is 37.0 Å². The molecule has 1 rings (SSSR count). The minimum absolute atomic E-state index is 0.458. The van der Waals surface area contributed by atoms with Gasteiger partial charge in [0.15, 0.2) is 18.1 Å². The number of carbonyl (C=O) groups is 2. The lowest BCUT2D eigenvalue weighted by atomic mass is 10.2. The summed E-state index contributed by atoms with van der Waals surface area (Å²) in [4.78, 5) is 22.5. The number of methoxy groups -OCH3 is 2. The molecule has 0 aromatic heterocycles. The molecule has 0 aliphatic heterocycles. The van der Waals surface area contributed by atoms with Crippen LogP contribution in [0, 0.1) is 0 Å². The summed E-state index contributed by atoms with van der Waals surface area (Å²) < 4.78 is 50.4. The van der Waals surface area contributed by atoms with E-state index in [2.05, 4.69) is 4.74 Å². The maximum atomic E-state index is 11.9. The lowest BCUT2D eigenvalue weighted by molar-refractivity contribution is -0.148. The van der Waals surface area contributed by atoms with E-state index in [-0.39, 0.29) is 0 Å². The number of ether oxygens (including phenoxy) is 3. The summed E-state index contributed by atoms with van der Waals surface area (Å²) in [5, 5.41) is 1.58. The molecular weight excluding hydrogens is 331 g/mol. The Morgan fingerprint density at radius 3 is 2.42 bits per heavy atom. The van der Waals surface area contributed by atoms with Crippen molar-refractivity contribution in [1.29, 1.82) is 0 Å². The van der Waals surface area contributed by atoms with Gasteiger partial charge in [-0.25, -0.2) is 4.79 Å². The third-order valence-corrected chi connectivity index (χ3v) is 2.65. The van der Waals surface area contributed by atoms with Gasteiger partial charge in [0.25, 0.3) is 5.91 Å². The van der Waals surface area contributed by atoms with E-state index in [1.54, 1.807) is 23.5 Å². The van der Waals surface area contributed by atoms with E-state index in [0.29, 0.717) is 17.1 Å². The van der Waals surface area contributed by atoms with E-state index in [0.717, 1.165) is 6.08 Å². The monoisotopic (exact) mass is 347 g/mol. The summed E-state index contributed by atoms with van der Waals surface area (Å²) in [5.41, 5.74) is 0.603. The summed E-state index contributed by atoms with van der Waals surface area (Å²) in [6.07, 6.45) is -2.08. The predicted molar refractivity (Wildman–Crippen MR) is 78.6 cm³/mol. The number of nitrogens with one attached hydrogen (secondary N) is 1. The molecule has 1 N–H and O–H groups in total. The first-order valence-corrected chi connectivity index (χ1v) is 6.65. The lowest BCUT2D eigenvalue weighted by Gasteiger charge is -2.08. The van der Waals surface area contributed by atoms with Crippen LogP contribution in [0.15, 0.2) is 24.3 Å². The van der Waals surface area contributed by atoms with Crippen LogP contribution >= 0.6 is 0 Å². The Morgan fingerprint density at radius 1 is 1.17 bits per heavy atom. The average molecular weight is 347 g/mol. The predicted octanol–water partition coefficient (Wildman–Crippen LogP) is 1.94. The van der Waals surface area contributed by atoms with Crippen LogP contribution in [0.25, 0.3) is 6.08 Å². The fourth-order valence-corrected chi connectivity index (χ4v) is 1.56. The van der Waals surface area contributed by atoms with Crippen LogP contribution < -0.4 is 14.8 Å². The van der Waals surface area contributed by atoms with Gasteiger partial charge in [0.1, 0.15) is 6.54 Å². The van der Waals surface area contributed by atoms with Gasteiger partial charge in [-0.15, -0.1) is 0 Å². The molecule has 132 valence electrons. The number of amides is 1. The highest BCUT2D eigenvalue weighted by atomic mass is 19.4. The van der Waals surface area contributed by atoms with Crippen molar-refractivity contribution in [2.75, 3.05) is 27.4 Å². The van der Waals surface area contributed by atoms with Gasteiger partial charge in [0.2, 0.25) is 0 Å². The Balaban J connectivity index is 2.50. The number of rotatable bonds is 7. The summed E-state index contributed by atoms with van der Waals surface area (Å²) in [6.45, 7) is -2.28. The molecule has 9 heteroatoms. The third kappa shape index (κ3) is 7.03. The molecule has 1 aromatic rings. The van der Waals surface area contributed by atoms with Crippen molar-refractivity contribution in [3.05, 3.63) is 29.8 Å². The first-order chi connectivity index (χ1) is 11.2. The number of halogens is 3. The zero-order valence-corrected chi connectivity index (χ0v) is 13.0. The maximum absolute atomic E-state index is 11.9. The van der Waals surface area contributed by atoms with Gasteiger partial charge in [0.05, 0.1) is 14.2 Å². The highest BCUT2D eigenvalue weighted by Crippen LogP contribution is 2.27. The van der Waals surface area contributed by atoms with Gasteiger partial charge in [-0.3, -0.25) is 4.79 Å². The fourth-order valence-electron chi connectivity index (χ4n) is 1.56. The number of hydrogen-bond donors (Lipinski definition) is 1. The zero-order valence-electron chi connectivity index (χ0n) is 13.0. The van der Waals surface area contributed by atoms with Crippen LogP contribution in [-0.2, 0) is 14.3 Å². The van der Waals surface area contributed by atoms with E-state index in [9.17, 15) is 22.8 Å². The molecule has 0 saturated carbocycles. The van der Waals surface area contributed by atoms with E-state index in [1.165, 1.54) is 20.3 Å². The molecule has 0 radical (unpaired) electrons. The van der Waals surface area contributed by atoms with Crippen LogP contribution in [0.1, 0.15) is 5.56 Å². The van der Waals surface area contributed by atoms with Gasteiger partial charge in [-0.1, -0.05) is 6.07 Å². The number of esters is 1. The molecule has 1 amide bonds. The Kier molecular flexibility index (Phi) is 7.09.